The summed E-state index contributed by atoms with van der Waals surface area (Å²) < 4.78 is 23.4. The Labute approximate surface area is 252 Å². The van der Waals surface area contributed by atoms with E-state index in [0.717, 1.165) is 60.7 Å². The maximum absolute atomic E-state index is 11.6. The first-order chi connectivity index (χ1) is 19.0. The van der Waals surface area contributed by atoms with Crippen molar-refractivity contribution in [1.82, 2.24) is 0 Å². The third-order valence-electron chi connectivity index (χ3n) is 13.1. The summed E-state index contributed by atoms with van der Waals surface area (Å²) in [5.74, 6) is 6.54. The second kappa shape index (κ2) is 12.8. The first kappa shape index (κ1) is 33.9. The van der Waals surface area contributed by atoms with Crippen molar-refractivity contribution in [3.05, 3.63) is 0 Å². The minimum Gasteiger partial charge on any atom is -0.756 e. The first-order valence-corrected chi connectivity index (χ1v) is 18.6. The van der Waals surface area contributed by atoms with E-state index in [1.165, 1.54) is 57.8 Å². The Hall–Kier alpha value is 0.0300. The van der Waals surface area contributed by atoms with Crippen LogP contribution in [0.3, 0.4) is 0 Å². The topological polar surface area (TPSA) is 78.8 Å². The lowest BCUT2D eigenvalue weighted by molar-refractivity contribution is -0.876. The van der Waals surface area contributed by atoms with Crippen LogP contribution >= 0.6 is 7.82 Å². The molecule has 6 unspecified atom stereocenters. The number of ether oxygens (including phenoxy) is 1. The van der Waals surface area contributed by atoms with Crippen LogP contribution in [-0.2, 0) is 13.8 Å². The van der Waals surface area contributed by atoms with Crippen molar-refractivity contribution in [2.24, 2.45) is 58.2 Å². The Kier molecular flexibility index (Phi) is 10.6. The molecule has 4 fully saturated rings. The smallest absolute Gasteiger partial charge is 0.267 e. The van der Waals surface area contributed by atoms with Crippen molar-refractivity contribution < 1.29 is 28.1 Å². The predicted octanol–water partition coefficient (Wildman–Crippen LogP) is 7.64. The normalized spacial score (nSPS) is 41.2. The van der Waals surface area contributed by atoms with Gasteiger partial charge in [0, 0.05) is 0 Å². The molecule has 12 atom stereocenters. The van der Waals surface area contributed by atoms with Gasteiger partial charge in [0.1, 0.15) is 6.54 Å². The SMILES string of the molecule is CC[C@H](CC[C@@H](C)[C@H]1CCC2C3CCC4C[C@@H](OC(C[N+](C)(C)C)OP(=O)([O-])O)CC[C@]4(C)C3CC[C@@]21C)C(C)C. The van der Waals surface area contributed by atoms with Crippen molar-refractivity contribution in [3.63, 3.8) is 0 Å². The van der Waals surface area contributed by atoms with E-state index in [1.807, 2.05) is 21.1 Å². The molecule has 1 N–H and O–H groups in total. The molecule has 0 bridgehead atoms. The number of phosphoric ester groups is 1. The lowest BCUT2D eigenvalue weighted by atomic mass is 9.44. The molecular formula is C34H64NO5P. The molecule has 0 spiro atoms. The van der Waals surface area contributed by atoms with E-state index >= 15 is 0 Å². The number of likely N-dealkylation sites (N-methyl/N-ethyl adjacent to an activating group) is 1. The zero-order chi connectivity index (χ0) is 30.4. The highest BCUT2D eigenvalue weighted by Gasteiger charge is 2.60. The van der Waals surface area contributed by atoms with Gasteiger partial charge in [0.05, 0.1) is 27.2 Å². The summed E-state index contributed by atoms with van der Waals surface area (Å²) in [6.45, 7) is 15.4. The fourth-order valence-electron chi connectivity index (χ4n) is 10.9. The van der Waals surface area contributed by atoms with E-state index in [4.69, 9.17) is 9.26 Å². The highest BCUT2D eigenvalue weighted by atomic mass is 31.2. The molecule has 0 radical (unpaired) electrons. The Morgan fingerprint density at radius 2 is 1.61 bits per heavy atom. The molecule has 6 nitrogen and oxygen atoms in total. The molecule has 0 aromatic rings. The van der Waals surface area contributed by atoms with Crippen molar-refractivity contribution in [2.45, 2.75) is 131 Å². The molecule has 4 aliphatic carbocycles. The number of phosphoric acid groups is 1. The lowest BCUT2D eigenvalue weighted by Gasteiger charge is -2.61. The van der Waals surface area contributed by atoms with Crippen molar-refractivity contribution in [3.8, 4) is 0 Å². The number of hydrogen-bond acceptors (Lipinski definition) is 4. The molecule has 0 saturated heterocycles. The molecule has 4 aliphatic rings. The fraction of sp³-hybridized carbons (Fsp3) is 1.00. The van der Waals surface area contributed by atoms with Gasteiger partial charge in [-0.25, -0.2) is 0 Å². The summed E-state index contributed by atoms with van der Waals surface area (Å²) in [7, 11) is 1.06. The summed E-state index contributed by atoms with van der Waals surface area (Å²) in [6.07, 6.45) is 14.4. The second-order valence-electron chi connectivity index (χ2n) is 16.9. The molecule has 7 heteroatoms. The Bertz CT molecular complexity index is 915. The van der Waals surface area contributed by atoms with E-state index < -0.39 is 14.1 Å². The number of quaternary nitrogens is 1. The Balaban J connectivity index is 1.40. The zero-order valence-electron chi connectivity index (χ0n) is 27.9. The van der Waals surface area contributed by atoms with Crippen LogP contribution in [-0.4, -0.2) is 49.5 Å². The van der Waals surface area contributed by atoms with Gasteiger partial charge in [-0.15, -0.1) is 0 Å². The molecule has 0 aromatic carbocycles. The van der Waals surface area contributed by atoms with Crippen LogP contribution in [0.5, 0.6) is 0 Å². The fourth-order valence-corrected chi connectivity index (χ4v) is 11.3. The predicted molar refractivity (Wildman–Crippen MR) is 165 cm³/mol. The number of nitrogens with zero attached hydrogens (tertiary/aromatic N) is 1. The van der Waals surface area contributed by atoms with Crippen molar-refractivity contribution in [2.75, 3.05) is 27.7 Å². The Morgan fingerprint density at radius 3 is 2.22 bits per heavy atom. The largest absolute Gasteiger partial charge is 0.756 e. The van der Waals surface area contributed by atoms with Gasteiger partial charge in [-0.3, -0.25) is 9.09 Å². The highest BCUT2D eigenvalue weighted by molar-refractivity contribution is 7.44. The molecular weight excluding hydrogens is 533 g/mol. The van der Waals surface area contributed by atoms with Crippen LogP contribution in [0.2, 0.25) is 0 Å². The summed E-state index contributed by atoms with van der Waals surface area (Å²) in [4.78, 5) is 21.0. The minimum absolute atomic E-state index is 0.0175. The molecule has 0 amide bonds. The van der Waals surface area contributed by atoms with Crippen LogP contribution < -0.4 is 4.89 Å². The quantitative estimate of drug-likeness (QED) is 0.142. The van der Waals surface area contributed by atoms with Crippen LogP contribution in [0.1, 0.15) is 119 Å². The number of fused-ring (bicyclic) bond motifs is 5. The monoisotopic (exact) mass is 597 g/mol. The van der Waals surface area contributed by atoms with E-state index in [2.05, 4.69) is 41.5 Å². The lowest BCUT2D eigenvalue weighted by Crippen LogP contribution is -2.54. The molecule has 0 aromatic heterocycles. The van der Waals surface area contributed by atoms with E-state index in [0.29, 0.717) is 27.8 Å². The average molecular weight is 598 g/mol. The van der Waals surface area contributed by atoms with Gasteiger partial charge in [0.2, 0.25) is 6.29 Å². The van der Waals surface area contributed by atoms with Crippen molar-refractivity contribution >= 4 is 7.82 Å². The first-order valence-electron chi connectivity index (χ1n) is 17.1. The zero-order valence-corrected chi connectivity index (χ0v) is 28.8. The van der Waals surface area contributed by atoms with Crippen LogP contribution in [0.4, 0.5) is 0 Å². The van der Waals surface area contributed by atoms with Gasteiger partial charge in [-0.2, -0.15) is 0 Å². The molecule has 240 valence electrons. The van der Waals surface area contributed by atoms with Gasteiger partial charge < -0.3 is 19.0 Å². The summed E-state index contributed by atoms with van der Waals surface area (Å²) >= 11 is 0. The molecule has 41 heavy (non-hydrogen) atoms. The third kappa shape index (κ3) is 7.64. The standard InChI is InChI=1S/C34H64NO5P/c1-10-25(23(2)3)12-11-24(4)29-15-16-30-28-14-13-26-21-27(39-32(22-35(7,8)9)40-41(36,37)38)17-19-33(26,5)31(28)18-20-34(29,30)6/h23-32H,10-22H2,1-9H3,(H-,36,37,38)/t24-,25-,26?,27+,28?,29-,30?,31?,32?,33+,34-/m1/s1. The van der Waals surface area contributed by atoms with Crippen LogP contribution in [0, 0.1) is 58.2 Å². The second-order valence-corrected chi connectivity index (χ2v) is 18.0. The van der Waals surface area contributed by atoms with Gasteiger partial charge in [0.15, 0.2) is 0 Å². The Morgan fingerprint density at radius 1 is 0.951 bits per heavy atom. The maximum Gasteiger partial charge on any atom is 0.267 e. The number of hydrogen-bond donors (Lipinski definition) is 1. The van der Waals surface area contributed by atoms with E-state index in [-0.39, 0.29) is 6.10 Å². The molecule has 0 heterocycles. The van der Waals surface area contributed by atoms with Crippen LogP contribution in [0.15, 0.2) is 0 Å². The molecule has 0 aliphatic heterocycles. The third-order valence-corrected chi connectivity index (χ3v) is 13.6. The maximum atomic E-state index is 11.6. The summed E-state index contributed by atoms with van der Waals surface area (Å²) in [6, 6.07) is 0. The van der Waals surface area contributed by atoms with E-state index in [9.17, 15) is 14.4 Å². The molecule has 4 saturated carbocycles. The minimum atomic E-state index is -4.87. The summed E-state index contributed by atoms with van der Waals surface area (Å²) in [5.41, 5.74) is 0.858. The van der Waals surface area contributed by atoms with E-state index in [1.54, 1.807) is 0 Å². The summed E-state index contributed by atoms with van der Waals surface area (Å²) in [5, 5.41) is 0. The molecule has 4 rings (SSSR count). The number of rotatable bonds is 12. The van der Waals surface area contributed by atoms with Crippen molar-refractivity contribution in [1.29, 1.82) is 0 Å². The average Bonchev–Trinajstić information content (AvgIpc) is 3.19. The highest BCUT2D eigenvalue weighted by Crippen LogP contribution is 2.68. The van der Waals surface area contributed by atoms with Gasteiger partial charge in [0.25, 0.3) is 7.82 Å². The van der Waals surface area contributed by atoms with Gasteiger partial charge in [-0.05, 0) is 122 Å². The van der Waals surface area contributed by atoms with Gasteiger partial charge >= 0.3 is 0 Å². The van der Waals surface area contributed by atoms with Crippen LogP contribution in [0.25, 0.3) is 0 Å². The van der Waals surface area contributed by atoms with Gasteiger partial charge in [-0.1, -0.05) is 54.4 Å².